The van der Waals surface area contributed by atoms with Gasteiger partial charge in [0.25, 0.3) is 0 Å². The average molecular weight is 234 g/mol. The second kappa shape index (κ2) is 5.94. The molecule has 92 valence electrons. The van der Waals surface area contributed by atoms with Crippen LogP contribution in [0.15, 0.2) is 30.3 Å². The van der Waals surface area contributed by atoms with Crippen molar-refractivity contribution in [2.24, 2.45) is 5.92 Å². The van der Waals surface area contributed by atoms with Crippen LogP contribution in [0.1, 0.15) is 24.5 Å². The molecular formula is C14H18O3. The van der Waals surface area contributed by atoms with Crippen LogP contribution in [0, 0.1) is 5.92 Å². The van der Waals surface area contributed by atoms with E-state index in [2.05, 4.69) is 0 Å². The lowest BCUT2D eigenvalue weighted by molar-refractivity contribution is -0.136. The van der Waals surface area contributed by atoms with Crippen LogP contribution in [0.5, 0.6) is 0 Å². The molecule has 1 saturated heterocycles. The molecule has 1 aromatic carbocycles. The first-order valence-electron chi connectivity index (χ1n) is 6.02. The van der Waals surface area contributed by atoms with Crippen molar-refractivity contribution in [2.75, 3.05) is 20.3 Å². The minimum absolute atomic E-state index is 0.0777. The van der Waals surface area contributed by atoms with Crippen molar-refractivity contribution >= 4 is 5.78 Å². The third-order valence-electron chi connectivity index (χ3n) is 3.22. The minimum atomic E-state index is -0.431. The van der Waals surface area contributed by atoms with Crippen LogP contribution in [-0.4, -0.2) is 26.1 Å². The number of Topliss-reactive ketones (excluding diaryl/α,β-unsaturated/α-hetero) is 1. The molecule has 1 fully saturated rings. The minimum Gasteiger partial charge on any atom is -0.381 e. The number of hydrogen-bond donors (Lipinski definition) is 0. The van der Waals surface area contributed by atoms with Crippen molar-refractivity contribution in [3.63, 3.8) is 0 Å². The molecule has 0 N–H and O–H groups in total. The Kier molecular flexibility index (Phi) is 4.29. The smallest absolute Gasteiger partial charge is 0.169 e. The quantitative estimate of drug-likeness (QED) is 0.802. The van der Waals surface area contributed by atoms with Gasteiger partial charge in [-0.25, -0.2) is 0 Å². The number of benzene rings is 1. The first-order chi connectivity index (χ1) is 8.33. The van der Waals surface area contributed by atoms with E-state index in [0.29, 0.717) is 13.2 Å². The molecule has 0 aromatic heterocycles. The molecule has 1 aliphatic rings. The molecule has 1 unspecified atom stereocenters. The van der Waals surface area contributed by atoms with E-state index in [1.807, 2.05) is 30.3 Å². The maximum atomic E-state index is 12.3. The van der Waals surface area contributed by atoms with Gasteiger partial charge in [0.15, 0.2) is 5.78 Å². The van der Waals surface area contributed by atoms with E-state index >= 15 is 0 Å². The summed E-state index contributed by atoms with van der Waals surface area (Å²) in [4.78, 5) is 12.3. The highest BCUT2D eigenvalue weighted by molar-refractivity contribution is 5.86. The number of carbonyl (C=O) groups excluding carboxylic acids is 1. The summed E-state index contributed by atoms with van der Waals surface area (Å²) in [5, 5.41) is 0. The molecule has 0 radical (unpaired) electrons. The fourth-order valence-corrected chi connectivity index (χ4v) is 2.24. The Hall–Kier alpha value is -1.19. The molecule has 17 heavy (non-hydrogen) atoms. The highest BCUT2D eigenvalue weighted by atomic mass is 16.5. The molecule has 0 saturated carbocycles. The summed E-state index contributed by atoms with van der Waals surface area (Å²) in [6.45, 7) is 1.36. The first-order valence-corrected chi connectivity index (χ1v) is 6.02. The SMILES string of the molecule is COC(C(=O)C1CCOCC1)c1ccccc1. The fourth-order valence-electron chi connectivity index (χ4n) is 2.24. The van der Waals surface area contributed by atoms with Gasteiger partial charge in [0.1, 0.15) is 6.10 Å². The van der Waals surface area contributed by atoms with Gasteiger partial charge in [-0.05, 0) is 18.4 Å². The van der Waals surface area contributed by atoms with Crippen LogP contribution < -0.4 is 0 Å². The highest BCUT2D eigenvalue weighted by Gasteiger charge is 2.29. The van der Waals surface area contributed by atoms with Crippen LogP contribution in [0.2, 0.25) is 0 Å². The Balaban J connectivity index is 2.10. The van der Waals surface area contributed by atoms with Crippen LogP contribution >= 0.6 is 0 Å². The van der Waals surface area contributed by atoms with E-state index in [4.69, 9.17) is 9.47 Å². The lowest BCUT2D eigenvalue weighted by Crippen LogP contribution is -2.28. The van der Waals surface area contributed by atoms with Gasteiger partial charge in [-0.15, -0.1) is 0 Å². The molecule has 3 nitrogen and oxygen atoms in total. The van der Waals surface area contributed by atoms with Crippen molar-refractivity contribution in [1.29, 1.82) is 0 Å². The molecule has 0 amide bonds. The molecule has 1 heterocycles. The number of ketones is 1. The van der Waals surface area contributed by atoms with Crippen molar-refractivity contribution in [2.45, 2.75) is 18.9 Å². The molecular weight excluding hydrogens is 216 g/mol. The summed E-state index contributed by atoms with van der Waals surface area (Å²) in [5.41, 5.74) is 0.937. The number of carbonyl (C=O) groups is 1. The van der Waals surface area contributed by atoms with Crippen LogP contribution in [-0.2, 0) is 14.3 Å². The van der Waals surface area contributed by atoms with E-state index in [1.54, 1.807) is 7.11 Å². The third-order valence-corrected chi connectivity index (χ3v) is 3.22. The second-order valence-electron chi connectivity index (χ2n) is 4.32. The molecule has 1 atom stereocenters. The standard InChI is InChI=1S/C14H18O3/c1-16-14(12-5-3-2-4-6-12)13(15)11-7-9-17-10-8-11/h2-6,11,14H,7-10H2,1H3. The van der Waals surface area contributed by atoms with Crippen LogP contribution in [0.3, 0.4) is 0 Å². The van der Waals surface area contributed by atoms with Crippen molar-refractivity contribution in [3.05, 3.63) is 35.9 Å². The van der Waals surface area contributed by atoms with E-state index in [9.17, 15) is 4.79 Å². The average Bonchev–Trinajstić information content (AvgIpc) is 2.42. The van der Waals surface area contributed by atoms with Gasteiger partial charge < -0.3 is 9.47 Å². The van der Waals surface area contributed by atoms with Crippen LogP contribution in [0.25, 0.3) is 0 Å². The van der Waals surface area contributed by atoms with E-state index in [1.165, 1.54) is 0 Å². The zero-order valence-corrected chi connectivity index (χ0v) is 10.1. The van der Waals surface area contributed by atoms with Crippen molar-refractivity contribution in [1.82, 2.24) is 0 Å². The summed E-state index contributed by atoms with van der Waals surface area (Å²) in [6.07, 6.45) is 1.19. The number of hydrogen-bond acceptors (Lipinski definition) is 3. The number of ether oxygens (including phenoxy) is 2. The summed E-state index contributed by atoms with van der Waals surface area (Å²) in [5.74, 6) is 0.260. The van der Waals surface area contributed by atoms with Gasteiger partial charge >= 0.3 is 0 Å². The molecule has 0 spiro atoms. The topological polar surface area (TPSA) is 35.5 Å². The highest BCUT2D eigenvalue weighted by Crippen LogP contribution is 2.26. The van der Waals surface area contributed by atoms with Gasteiger partial charge in [0, 0.05) is 26.2 Å². The Morgan fingerprint density at radius 3 is 2.53 bits per heavy atom. The van der Waals surface area contributed by atoms with Crippen molar-refractivity contribution in [3.8, 4) is 0 Å². The van der Waals surface area contributed by atoms with Crippen molar-refractivity contribution < 1.29 is 14.3 Å². The first kappa shape index (κ1) is 12.3. The Morgan fingerprint density at radius 2 is 1.94 bits per heavy atom. The monoisotopic (exact) mass is 234 g/mol. The van der Waals surface area contributed by atoms with E-state index in [-0.39, 0.29) is 11.7 Å². The molecule has 1 aliphatic heterocycles. The maximum Gasteiger partial charge on any atom is 0.169 e. The zero-order valence-electron chi connectivity index (χ0n) is 10.1. The Bertz CT molecular complexity index is 355. The summed E-state index contributed by atoms with van der Waals surface area (Å²) < 4.78 is 10.6. The normalized spacial score (nSPS) is 18.9. The summed E-state index contributed by atoms with van der Waals surface area (Å²) in [6, 6.07) is 9.67. The second-order valence-corrected chi connectivity index (χ2v) is 4.32. The maximum absolute atomic E-state index is 12.3. The lowest BCUT2D eigenvalue weighted by Gasteiger charge is -2.25. The molecule has 0 bridgehead atoms. The largest absolute Gasteiger partial charge is 0.381 e. The van der Waals surface area contributed by atoms with Gasteiger partial charge in [0.05, 0.1) is 0 Å². The lowest BCUT2D eigenvalue weighted by atomic mass is 9.89. The summed E-state index contributed by atoms with van der Waals surface area (Å²) >= 11 is 0. The third kappa shape index (κ3) is 2.93. The fraction of sp³-hybridized carbons (Fsp3) is 0.500. The van der Waals surface area contributed by atoms with E-state index < -0.39 is 6.10 Å². The molecule has 0 aliphatic carbocycles. The predicted molar refractivity (Wildman–Crippen MR) is 64.7 cm³/mol. The van der Waals surface area contributed by atoms with E-state index in [0.717, 1.165) is 18.4 Å². The van der Waals surface area contributed by atoms with Gasteiger partial charge in [-0.2, -0.15) is 0 Å². The van der Waals surface area contributed by atoms with Crippen LogP contribution in [0.4, 0.5) is 0 Å². The van der Waals surface area contributed by atoms with Gasteiger partial charge in [0.2, 0.25) is 0 Å². The van der Waals surface area contributed by atoms with Gasteiger partial charge in [-0.3, -0.25) is 4.79 Å². The number of methoxy groups -OCH3 is 1. The summed E-state index contributed by atoms with van der Waals surface area (Å²) in [7, 11) is 1.59. The zero-order chi connectivity index (χ0) is 12.1. The molecule has 2 rings (SSSR count). The number of rotatable bonds is 4. The Labute approximate surface area is 102 Å². The Morgan fingerprint density at radius 1 is 1.29 bits per heavy atom. The molecule has 3 heteroatoms. The molecule has 1 aromatic rings. The predicted octanol–water partition coefficient (Wildman–Crippen LogP) is 2.37. The van der Waals surface area contributed by atoms with Gasteiger partial charge in [-0.1, -0.05) is 30.3 Å².